The number of piperazine rings is 1. The summed E-state index contributed by atoms with van der Waals surface area (Å²) in [5.41, 5.74) is 4.89. The zero-order valence-electron chi connectivity index (χ0n) is 17.4. The van der Waals surface area contributed by atoms with Gasteiger partial charge in [-0.3, -0.25) is 0 Å². The number of carbonyl (C=O) groups excluding carboxylic acids is 1. The summed E-state index contributed by atoms with van der Waals surface area (Å²) in [5, 5.41) is 4.16. The zero-order valence-corrected chi connectivity index (χ0v) is 17.4. The number of urea groups is 1. The minimum Gasteiger partial charge on any atom is -0.352 e. The number of aromatic nitrogens is 3. The maximum atomic E-state index is 13.0. The Morgan fingerprint density at radius 3 is 2.52 bits per heavy atom. The number of para-hydroxylation sites is 1. The summed E-state index contributed by atoms with van der Waals surface area (Å²) >= 11 is 0. The van der Waals surface area contributed by atoms with Gasteiger partial charge in [0.2, 0.25) is 0 Å². The summed E-state index contributed by atoms with van der Waals surface area (Å²) < 4.78 is 0. The summed E-state index contributed by atoms with van der Waals surface area (Å²) in [6.07, 6.45) is 3.55. The van der Waals surface area contributed by atoms with E-state index >= 15 is 0 Å². The molecule has 0 aliphatic carbocycles. The van der Waals surface area contributed by atoms with Gasteiger partial charge in [0, 0.05) is 37.9 Å². The van der Waals surface area contributed by atoms with Crippen LogP contribution in [0.4, 0.5) is 16.3 Å². The van der Waals surface area contributed by atoms with Crippen LogP contribution < -0.4 is 10.2 Å². The first-order valence-electron chi connectivity index (χ1n) is 10.4. The molecule has 1 saturated heterocycles. The van der Waals surface area contributed by atoms with Crippen molar-refractivity contribution < 1.29 is 4.79 Å². The summed E-state index contributed by atoms with van der Waals surface area (Å²) in [5.74, 6) is 0.929. The van der Waals surface area contributed by atoms with E-state index in [1.807, 2.05) is 53.6 Å². The number of nitrogens with zero attached hydrogens (tertiary/aromatic N) is 4. The Balaban J connectivity index is 1.29. The van der Waals surface area contributed by atoms with E-state index < -0.39 is 0 Å². The molecule has 0 bridgehead atoms. The SMILES string of the molecule is Cc1c[nH]c2ncnc(N3CCN(C(=O)Nc4ccccc4-c4ccccc4)CC3)c12. The Morgan fingerprint density at radius 1 is 0.968 bits per heavy atom. The second-order valence-corrected chi connectivity index (χ2v) is 7.71. The van der Waals surface area contributed by atoms with Crippen LogP contribution in [0.2, 0.25) is 0 Å². The van der Waals surface area contributed by atoms with Crippen molar-refractivity contribution in [3.05, 3.63) is 72.7 Å². The number of fused-ring (bicyclic) bond motifs is 1. The first-order valence-corrected chi connectivity index (χ1v) is 10.4. The molecule has 7 heteroatoms. The first-order chi connectivity index (χ1) is 15.2. The van der Waals surface area contributed by atoms with Crippen LogP contribution in [0.15, 0.2) is 67.1 Å². The number of H-pyrrole nitrogens is 1. The van der Waals surface area contributed by atoms with E-state index in [-0.39, 0.29) is 6.03 Å². The average molecular weight is 412 g/mol. The number of rotatable bonds is 3. The highest BCUT2D eigenvalue weighted by Gasteiger charge is 2.24. The van der Waals surface area contributed by atoms with Crippen LogP contribution in [0, 0.1) is 6.92 Å². The van der Waals surface area contributed by atoms with Gasteiger partial charge in [-0.25, -0.2) is 14.8 Å². The highest BCUT2D eigenvalue weighted by atomic mass is 16.2. The molecule has 3 heterocycles. The summed E-state index contributed by atoms with van der Waals surface area (Å²) in [6, 6.07) is 17.9. The van der Waals surface area contributed by atoms with Crippen LogP contribution >= 0.6 is 0 Å². The Bertz CT molecular complexity index is 1210. The van der Waals surface area contributed by atoms with E-state index in [9.17, 15) is 4.79 Å². The van der Waals surface area contributed by atoms with Gasteiger partial charge in [0.15, 0.2) is 0 Å². The van der Waals surface area contributed by atoms with Crippen molar-refractivity contribution in [1.82, 2.24) is 19.9 Å². The lowest BCUT2D eigenvalue weighted by atomic mass is 10.0. The fraction of sp³-hybridized carbons (Fsp3) is 0.208. The molecule has 0 saturated carbocycles. The quantitative estimate of drug-likeness (QED) is 0.526. The lowest BCUT2D eigenvalue weighted by Gasteiger charge is -2.35. The molecule has 1 aliphatic heterocycles. The van der Waals surface area contributed by atoms with Crippen molar-refractivity contribution in [2.45, 2.75) is 6.92 Å². The molecule has 2 aromatic carbocycles. The van der Waals surface area contributed by atoms with Gasteiger partial charge in [-0.1, -0.05) is 48.5 Å². The Kier molecular flexibility index (Phi) is 5.00. The van der Waals surface area contributed by atoms with Gasteiger partial charge >= 0.3 is 6.03 Å². The molecule has 2 amide bonds. The van der Waals surface area contributed by atoms with Crippen molar-refractivity contribution >= 4 is 28.6 Å². The fourth-order valence-corrected chi connectivity index (χ4v) is 4.11. The van der Waals surface area contributed by atoms with Crippen LogP contribution in [-0.2, 0) is 0 Å². The number of benzene rings is 2. The van der Waals surface area contributed by atoms with Crippen molar-refractivity contribution in [1.29, 1.82) is 0 Å². The van der Waals surface area contributed by atoms with Gasteiger partial charge < -0.3 is 20.1 Å². The molecular weight excluding hydrogens is 388 g/mol. The highest BCUT2D eigenvalue weighted by molar-refractivity contribution is 5.95. The molecule has 0 unspecified atom stereocenters. The number of aryl methyl sites for hydroxylation is 1. The Hall–Kier alpha value is -3.87. The van der Waals surface area contributed by atoms with E-state index in [0.29, 0.717) is 13.1 Å². The van der Waals surface area contributed by atoms with E-state index in [1.165, 1.54) is 0 Å². The van der Waals surface area contributed by atoms with Crippen LogP contribution in [-0.4, -0.2) is 52.1 Å². The zero-order chi connectivity index (χ0) is 21.2. The average Bonchev–Trinajstić information content (AvgIpc) is 3.21. The number of hydrogen-bond donors (Lipinski definition) is 2. The molecule has 31 heavy (non-hydrogen) atoms. The smallest absolute Gasteiger partial charge is 0.321 e. The summed E-state index contributed by atoms with van der Waals surface area (Å²) in [7, 11) is 0. The van der Waals surface area contributed by atoms with Gasteiger partial charge in [-0.2, -0.15) is 0 Å². The van der Waals surface area contributed by atoms with E-state index in [1.54, 1.807) is 6.33 Å². The van der Waals surface area contributed by atoms with Crippen LogP contribution in [0.5, 0.6) is 0 Å². The van der Waals surface area contributed by atoms with Crippen molar-refractivity contribution in [3.63, 3.8) is 0 Å². The lowest BCUT2D eigenvalue weighted by Crippen LogP contribution is -2.50. The van der Waals surface area contributed by atoms with Gasteiger partial charge in [-0.05, 0) is 24.1 Å². The number of nitrogens with one attached hydrogen (secondary N) is 2. The third-order valence-corrected chi connectivity index (χ3v) is 5.77. The molecule has 2 aromatic heterocycles. The molecule has 1 aliphatic rings. The standard InChI is InChI=1S/C24H24N6O/c1-17-15-25-22-21(17)23(27-16-26-22)29-11-13-30(14-12-29)24(31)28-20-10-6-5-9-19(20)18-7-3-2-4-8-18/h2-10,15-16H,11-14H2,1H3,(H,28,31)(H,25,26,27). The molecule has 0 radical (unpaired) electrons. The maximum absolute atomic E-state index is 13.0. The molecule has 0 atom stereocenters. The van der Waals surface area contributed by atoms with Crippen LogP contribution in [0.1, 0.15) is 5.56 Å². The fourth-order valence-electron chi connectivity index (χ4n) is 4.11. The number of aromatic amines is 1. The van der Waals surface area contributed by atoms with E-state index in [2.05, 4.69) is 44.2 Å². The minimum absolute atomic E-state index is 0.0753. The molecular formula is C24H24N6O. The number of anilines is 2. The van der Waals surface area contributed by atoms with Crippen LogP contribution in [0.25, 0.3) is 22.2 Å². The molecule has 156 valence electrons. The Labute approximate surface area is 180 Å². The minimum atomic E-state index is -0.0753. The van der Waals surface area contributed by atoms with Crippen LogP contribution in [0.3, 0.4) is 0 Å². The van der Waals surface area contributed by atoms with Crippen molar-refractivity contribution in [2.75, 3.05) is 36.4 Å². The van der Waals surface area contributed by atoms with E-state index in [0.717, 1.165) is 52.3 Å². The van der Waals surface area contributed by atoms with Crippen molar-refractivity contribution in [2.24, 2.45) is 0 Å². The number of amides is 2. The maximum Gasteiger partial charge on any atom is 0.321 e. The molecule has 0 spiro atoms. The van der Waals surface area contributed by atoms with E-state index in [4.69, 9.17) is 0 Å². The van der Waals surface area contributed by atoms with Gasteiger partial charge in [-0.15, -0.1) is 0 Å². The molecule has 4 aromatic rings. The predicted molar refractivity (Wildman–Crippen MR) is 123 cm³/mol. The Morgan fingerprint density at radius 2 is 1.71 bits per heavy atom. The summed E-state index contributed by atoms with van der Waals surface area (Å²) in [6.45, 7) is 4.77. The lowest BCUT2D eigenvalue weighted by molar-refractivity contribution is 0.208. The second kappa shape index (κ2) is 8.10. The van der Waals surface area contributed by atoms with Gasteiger partial charge in [0.05, 0.1) is 11.1 Å². The number of carbonyl (C=O) groups is 1. The second-order valence-electron chi connectivity index (χ2n) is 7.71. The largest absolute Gasteiger partial charge is 0.352 e. The molecule has 5 rings (SSSR count). The summed E-state index contributed by atoms with van der Waals surface area (Å²) in [4.78, 5) is 29.1. The van der Waals surface area contributed by atoms with Crippen molar-refractivity contribution in [3.8, 4) is 11.1 Å². The topological polar surface area (TPSA) is 77.2 Å². The monoisotopic (exact) mass is 412 g/mol. The molecule has 7 nitrogen and oxygen atoms in total. The molecule has 1 fully saturated rings. The van der Waals surface area contributed by atoms with Gasteiger partial charge in [0.1, 0.15) is 17.8 Å². The number of hydrogen-bond acceptors (Lipinski definition) is 4. The first kappa shape index (κ1) is 19.1. The third kappa shape index (κ3) is 3.70. The van der Waals surface area contributed by atoms with Gasteiger partial charge in [0.25, 0.3) is 0 Å². The highest BCUT2D eigenvalue weighted by Crippen LogP contribution is 2.29. The predicted octanol–water partition coefficient (Wildman–Crippen LogP) is 4.29. The normalized spacial score (nSPS) is 14.1. The molecule has 2 N–H and O–H groups in total. The third-order valence-electron chi connectivity index (χ3n) is 5.77.